The smallest absolute Gasteiger partial charge is 0.278 e. The third-order valence-corrected chi connectivity index (χ3v) is 6.40. The first-order chi connectivity index (χ1) is 16.6. The molecule has 6 heteroatoms. The predicted octanol–water partition coefficient (Wildman–Crippen LogP) is 3.92. The van der Waals surface area contributed by atoms with Crippen molar-refractivity contribution in [3.05, 3.63) is 113 Å². The molecule has 172 valence electrons. The van der Waals surface area contributed by atoms with E-state index in [9.17, 15) is 14.0 Å². The number of rotatable bonds is 6. The summed E-state index contributed by atoms with van der Waals surface area (Å²) in [7, 11) is 0. The van der Waals surface area contributed by atoms with Crippen LogP contribution in [0.5, 0.6) is 0 Å². The zero-order valence-electron chi connectivity index (χ0n) is 18.9. The Balaban J connectivity index is 1.38. The fourth-order valence-electron chi connectivity index (χ4n) is 4.61. The number of imide groups is 1. The van der Waals surface area contributed by atoms with Gasteiger partial charge in [0.1, 0.15) is 11.5 Å². The molecule has 0 bridgehead atoms. The third-order valence-electron chi connectivity index (χ3n) is 6.40. The average Bonchev–Trinajstić information content (AvgIpc) is 3.12. The number of halogens is 1. The number of piperazine rings is 1. The molecule has 0 aliphatic carbocycles. The van der Waals surface area contributed by atoms with Crippen LogP contribution in [0.4, 0.5) is 4.39 Å². The molecule has 0 N–H and O–H groups in total. The molecule has 5 nitrogen and oxygen atoms in total. The Morgan fingerprint density at radius 2 is 1.24 bits per heavy atom. The maximum atomic E-state index is 13.6. The standard InChI is InChI=1S/C28H26FN3O2/c29-24-13-11-22(12-14-24)20-32-27(33)25(23-9-5-2-6-10-23)26(28(32)34)31-17-15-30(16-18-31)19-21-7-3-1-4-8-21/h1-14H,15-20H2. The Labute approximate surface area is 198 Å². The number of benzene rings is 3. The summed E-state index contributed by atoms with van der Waals surface area (Å²) in [6.45, 7) is 3.93. The molecular weight excluding hydrogens is 429 g/mol. The molecule has 0 spiro atoms. The SMILES string of the molecule is O=C1C(c2ccccc2)=C(N2CCN(Cc3ccccc3)CC2)C(=O)N1Cc1ccc(F)cc1. The first-order valence-corrected chi connectivity index (χ1v) is 11.5. The fraction of sp³-hybridized carbons (Fsp3) is 0.214. The van der Waals surface area contributed by atoms with Gasteiger partial charge in [-0.2, -0.15) is 0 Å². The maximum absolute atomic E-state index is 13.6. The number of hydrogen-bond donors (Lipinski definition) is 0. The monoisotopic (exact) mass is 455 g/mol. The molecule has 3 aromatic rings. The third kappa shape index (κ3) is 4.50. The fourth-order valence-corrected chi connectivity index (χ4v) is 4.61. The van der Waals surface area contributed by atoms with Crippen LogP contribution < -0.4 is 0 Å². The number of nitrogens with zero attached hydrogens (tertiary/aromatic N) is 3. The second-order valence-corrected chi connectivity index (χ2v) is 8.66. The van der Waals surface area contributed by atoms with Crippen molar-refractivity contribution in [1.29, 1.82) is 0 Å². The van der Waals surface area contributed by atoms with Crippen molar-refractivity contribution in [3.63, 3.8) is 0 Å². The van der Waals surface area contributed by atoms with Gasteiger partial charge in [-0.15, -0.1) is 0 Å². The molecule has 2 heterocycles. The van der Waals surface area contributed by atoms with E-state index in [1.54, 1.807) is 12.1 Å². The van der Waals surface area contributed by atoms with Gasteiger partial charge in [0.25, 0.3) is 11.8 Å². The summed E-state index contributed by atoms with van der Waals surface area (Å²) in [6, 6.07) is 25.6. The molecule has 0 unspecified atom stereocenters. The molecule has 5 rings (SSSR count). The molecule has 0 saturated carbocycles. The summed E-state index contributed by atoms with van der Waals surface area (Å²) in [6.07, 6.45) is 0. The minimum atomic E-state index is -0.347. The summed E-state index contributed by atoms with van der Waals surface area (Å²) in [5.74, 6) is -0.938. The highest BCUT2D eigenvalue weighted by Gasteiger charge is 2.42. The molecule has 3 aromatic carbocycles. The molecule has 1 saturated heterocycles. The van der Waals surface area contributed by atoms with E-state index in [0.717, 1.165) is 25.2 Å². The zero-order valence-corrected chi connectivity index (χ0v) is 18.9. The van der Waals surface area contributed by atoms with Crippen LogP contribution in [0.3, 0.4) is 0 Å². The molecular formula is C28H26FN3O2. The predicted molar refractivity (Wildman–Crippen MR) is 129 cm³/mol. The van der Waals surface area contributed by atoms with Crippen LogP contribution in [0.15, 0.2) is 90.6 Å². The van der Waals surface area contributed by atoms with Crippen LogP contribution in [0.1, 0.15) is 16.7 Å². The van der Waals surface area contributed by atoms with Crippen LogP contribution >= 0.6 is 0 Å². The highest BCUT2D eigenvalue weighted by Crippen LogP contribution is 2.33. The Hall–Kier alpha value is -3.77. The van der Waals surface area contributed by atoms with Crippen molar-refractivity contribution >= 4 is 17.4 Å². The second kappa shape index (κ2) is 9.61. The van der Waals surface area contributed by atoms with E-state index >= 15 is 0 Å². The van der Waals surface area contributed by atoms with Gasteiger partial charge in [-0.3, -0.25) is 19.4 Å². The van der Waals surface area contributed by atoms with Crippen molar-refractivity contribution in [1.82, 2.24) is 14.7 Å². The lowest BCUT2D eigenvalue weighted by molar-refractivity contribution is -0.138. The van der Waals surface area contributed by atoms with Gasteiger partial charge < -0.3 is 4.90 Å². The first-order valence-electron chi connectivity index (χ1n) is 11.5. The lowest BCUT2D eigenvalue weighted by atomic mass is 10.0. The van der Waals surface area contributed by atoms with Gasteiger partial charge in [0, 0.05) is 32.7 Å². The van der Waals surface area contributed by atoms with E-state index < -0.39 is 0 Å². The van der Waals surface area contributed by atoms with Gasteiger partial charge in [-0.05, 0) is 28.8 Å². The van der Waals surface area contributed by atoms with Crippen LogP contribution in [-0.2, 0) is 22.7 Å². The topological polar surface area (TPSA) is 43.9 Å². The minimum Gasteiger partial charge on any atom is -0.364 e. The van der Waals surface area contributed by atoms with E-state index in [-0.39, 0.29) is 24.2 Å². The second-order valence-electron chi connectivity index (χ2n) is 8.66. The van der Waals surface area contributed by atoms with Crippen LogP contribution in [-0.4, -0.2) is 52.7 Å². The van der Waals surface area contributed by atoms with E-state index in [4.69, 9.17) is 0 Å². The number of carbonyl (C=O) groups excluding carboxylic acids is 2. The van der Waals surface area contributed by atoms with Gasteiger partial charge in [-0.25, -0.2) is 4.39 Å². The molecule has 34 heavy (non-hydrogen) atoms. The summed E-state index contributed by atoms with van der Waals surface area (Å²) >= 11 is 0. The van der Waals surface area contributed by atoms with Crippen molar-refractivity contribution in [3.8, 4) is 0 Å². The van der Waals surface area contributed by atoms with Gasteiger partial charge in [0.15, 0.2) is 0 Å². The molecule has 2 aliphatic rings. The van der Waals surface area contributed by atoms with Crippen molar-refractivity contribution in [2.45, 2.75) is 13.1 Å². The summed E-state index contributed by atoms with van der Waals surface area (Å²) in [5, 5.41) is 0. The summed E-state index contributed by atoms with van der Waals surface area (Å²) in [4.78, 5) is 32.7. The van der Waals surface area contributed by atoms with Gasteiger partial charge in [-0.1, -0.05) is 72.8 Å². The van der Waals surface area contributed by atoms with E-state index in [2.05, 4.69) is 21.9 Å². The van der Waals surface area contributed by atoms with E-state index in [1.165, 1.54) is 22.6 Å². The Morgan fingerprint density at radius 3 is 1.88 bits per heavy atom. The Morgan fingerprint density at radius 1 is 0.647 bits per heavy atom. The highest BCUT2D eigenvalue weighted by atomic mass is 19.1. The van der Waals surface area contributed by atoms with E-state index in [0.29, 0.717) is 29.9 Å². The first kappa shape index (κ1) is 22.0. The molecule has 0 aromatic heterocycles. The van der Waals surface area contributed by atoms with E-state index in [1.807, 2.05) is 48.5 Å². The lowest BCUT2D eigenvalue weighted by Crippen LogP contribution is -2.47. The van der Waals surface area contributed by atoms with Gasteiger partial charge >= 0.3 is 0 Å². The normalized spacial score (nSPS) is 17.1. The Kier molecular flexibility index (Phi) is 6.23. The summed E-state index contributed by atoms with van der Waals surface area (Å²) < 4.78 is 13.3. The highest BCUT2D eigenvalue weighted by molar-refractivity contribution is 6.35. The lowest BCUT2D eigenvalue weighted by Gasteiger charge is -2.36. The van der Waals surface area contributed by atoms with Gasteiger partial charge in [0.05, 0.1) is 12.1 Å². The van der Waals surface area contributed by atoms with Crippen LogP contribution in [0.25, 0.3) is 5.57 Å². The van der Waals surface area contributed by atoms with Gasteiger partial charge in [0.2, 0.25) is 0 Å². The number of carbonyl (C=O) groups is 2. The summed E-state index contributed by atoms with van der Waals surface area (Å²) in [5.41, 5.74) is 3.63. The van der Waals surface area contributed by atoms with Crippen molar-refractivity contribution in [2.24, 2.45) is 0 Å². The molecule has 2 amide bonds. The molecule has 0 radical (unpaired) electrons. The molecule has 1 fully saturated rings. The van der Waals surface area contributed by atoms with Crippen LogP contribution in [0, 0.1) is 5.82 Å². The quantitative estimate of drug-likeness (QED) is 0.529. The average molecular weight is 456 g/mol. The van der Waals surface area contributed by atoms with Crippen LogP contribution in [0.2, 0.25) is 0 Å². The number of amides is 2. The number of hydrogen-bond acceptors (Lipinski definition) is 4. The molecule has 2 aliphatic heterocycles. The van der Waals surface area contributed by atoms with Crippen molar-refractivity contribution < 1.29 is 14.0 Å². The maximum Gasteiger partial charge on any atom is 0.278 e. The zero-order chi connectivity index (χ0) is 23.5. The molecule has 0 atom stereocenters. The largest absolute Gasteiger partial charge is 0.364 e. The Bertz CT molecular complexity index is 1200. The minimum absolute atomic E-state index is 0.117. The van der Waals surface area contributed by atoms with Crippen molar-refractivity contribution in [2.75, 3.05) is 26.2 Å².